The number of hydrogen-bond donors (Lipinski definition) is 4. The van der Waals surface area contributed by atoms with Gasteiger partial charge in [0.1, 0.15) is 11.9 Å². The lowest BCUT2D eigenvalue weighted by molar-refractivity contribution is -0.123. The molecule has 0 unspecified atom stereocenters. The average Bonchev–Trinajstić information content (AvgIpc) is 3.10. The highest BCUT2D eigenvalue weighted by Gasteiger charge is 2.28. The van der Waals surface area contributed by atoms with Gasteiger partial charge in [-0.3, -0.25) is 9.59 Å². The van der Waals surface area contributed by atoms with E-state index in [2.05, 4.69) is 30.6 Å². The molecule has 128 valence electrons. The summed E-state index contributed by atoms with van der Waals surface area (Å²) in [6.45, 7) is 1.12. The molecular weight excluding hydrogens is 320 g/mol. The summed E-state index contributed by atoms with van der Waals surface area (Å²) in [4.78, 5) is 39.0. The third-order valence-corrected chi connectivity index (χ3v) is 4.33. The van der Waals surface area contributed by atoms with Gasteiger partial charge in [-0.2, -0.15) is 0 Å². The number of carbonyl (C=O) groups is 1. The van der Waals surface area contributed by atoms with Gasteiger partial charge in [0.15, 0.2) is 0 Å². The highest BCUT2D eigenvalue weighted by molar-refractivity contribution is 5.83. The molecule has 8 nitrogen and oxygen atoms in total. The molecule has 1 amide bonds. The summed E-state index contributed by atoms with van der Waals surface area (Å²) in [6, 6.07) is 6.75. The summed E-state index contributed by atoms with van der Waals surface area (Å²) in [7, 11) is 0. The molecule has 0 aliphatic carbocycles. The lowest BCUT2D eigenvalue weighted by Crippen LogP contribution is -2.42. The number of hydrogen-bond acceptors (Lipinski definition) is 5. The number of benzene rings is 1. The molecule has 1 aliphatic heterocycles. The predicted molar refractivity (Wildman–Crippen MR) is 92.1 cm³/mol. The van der Waals surface area contributed by atoms with E-state index in [0.29, 0.717) is 29.7 Å². The molecule has 4 N–H and O–H groups in total. The van der Waals surface area contributed by atoms with E-state index in [0.717, 1.165) is 24.4 Å². The number of para-hydroxylation sites is 1. The Morgan fingerprint density at radius 3 is 3.12 bits per heavy atom. The second-order valence-corrected chi connectivity index (χ2v) is 5.97. The lowest BCUT2D eigenvalue weighted by atomic mass is 10.1. The molecule has 1 aromatic carbocycles. The summed E-state index contributed by atoms with van der Waals surface area (Å²) < 4.78 is 0. The molecule has 0 bridgehead atoms. The van der Waals surface area contributed by atoms with E-state index in [4.69, 9.17) is 0 Å². The van der Waals surface area contributed by atoms with Crippen molar-refractivity contribution in [2.24, 2.45) is 0 Å². The van der Waals surface area contributed by atoms with Crippen LogP contribution in [0.5, 0.6) is 0 Å². The highest BCUT2D eigenvalue weighted by atomic mass is 16.2. The molecule has 0 fully saturated rings. The van der Waals surface area contributed by atoms with Crippen molar-refractivity contribution >= 4 is 16.8 Å². The molecule has 8 heteroatoms. The van der Waals surface area contributed by atoms with Crippen molar-refractivity contribution in [1.82, 2.24) is 30.6 Å². The van der Waals surface area contributed by atoms with Crippen LogP contribution in [0, 0.1) is 0 Å². The number of H-pyrrole nitrogens is 2. The van der Waals surface area contributed by atoms with Crippen LogP contribution in [0.1, 0.15) is 23.3 Å². The largest absolute Gasteiger partial charge is 0.354 e. The smallest absolute Gasteiger partial charge is 0.258 e. The zero-order valence-corrected chi connectivity index (χ0v) is 13.5. The Bertz CT molecular complexity index is 976. The molecule has 1 atom stereocenters. The molecule has 25 heavy (non-hydrogen) atoms. The molecule has 3 heterocycles. The van der Waals surface area contributed by atoms with Gasteiger partial charge in [0.05, 0.1) is 22.9 Å². The molecule has 0 spiro atoms. The SMILES string of the molecule is O=C(NCCc1nc2ccccc2c(=O)[nH]1)[C@H]1NCCc2[nH]cnc21. The Hall–Kier alpha value is -3.00. The Balaban J connectivity index is 1.42. The van der Waals surface area contributed by atoms with Crippen molar-refractivity contribution < 1.29 is 4.79 Å². The van der Waals surface area contributed by atoms with Crippen molar-refractivity contribution in [1.29, 1.82) is 0 Å². The molecule has 0 saturated carbocycles. The van der Waals surface area contributed by atoms with Crippen LogP contribution in [0.2, 0.25) is 0 Å². The second-order valence-electron chi connectivity index (χ2n) is 5.97. The number of rotatable bonds is 4. The fourth-order valence-corrected chi connectivity index (χ4v) is 3.10. The van der Waals surface area contributed by atoms with E-state index >= 15 is 0 Å². The standard InChI is InChI=1S/C17H18N6O2/c24-16-10-3-1-2-4-11(10)22-13(23-16)6-8-19-17(25)15-14-12(5-7-18-15)20-9-21-14/h1-4,9,15,18H,5-8H2,(H,19,25)(H,20,21)(H,22,23,24)/t15-/m0/s1. The summed E-state index contributed by atoms with van der Waals surface area (Å²) >= 11 is 0. The molecule has 0 radical (unpaired) electrons. The number of nitrogens with one attached hydrogen (secondary N) is 4. The summed E-state index contributed by atoms with van der Waals surface area (Å²) in [6.07, 6.45) is 2.90. The molecule has 3 aromatic rings. The van der Waals surface area contributed by atoms with Gasteiger partial charge in [0, 0.05) is 31.6 Å². The number of aromatic nitrogens is 4. The molecular formula is C17H18N6O2. The fraction of sp³-hybridized carbons (Fsp3) is 0.294. The van der Waals surface area contributed by atoms with Gasteiger partial charge in [0.2, 0.25) is 5.91 Å². The first-order valence-electron chi connectivity index (χ1n) is 8.23. The van der Waals surface area contributed by atoms with Gasteiger partial charge in [-0.25, -0.2) is 9.97 Å². The predicted octanol–water partition coefficient (Wildman–Crippen LogP) is 0.192. The molecule has 0 saturated heterocycles. The minimum Gasteiger partial charge on any atom is -0.354 e. The second kappa shape index (κ2) is 6.48. The van der Waals surface area contributed by atoms with Crippen LogP contribution in [0.25, 0.3) is 10.9 Å². The first-order chi connectivity index (χ1) is 12.2. The minimum absolute atomic E-state index is 0.129. The van der Waals surface area contributed by atoms with Crippen LogP contribution in [0.15, 0.2) is 35.4 Å². The maximum Gasteiger partial charge on any atom is 0.258 e. The van der Waals surface area contributed by atoms with Crippen LogP contribution in [-0.2, 0) is 17.6 Å². The van der Waals surface area contributed by atoms with Crippen LogP contribution < -0.4 is 16.2 Å². The summed E-state index contributed by atoms with van der Waals surface area (Å²) in [5.74, 6) is 0.428. The topological polar surface area (TPSA) is 116 Å². The van der Waals surface area contributed by atoms with E-state index in [1.165, 1.54) is 0 Å². The van der Waals surface area contributed by atoms with E-state index in [9.17, 15) is 9.59 Å². The number of amides is 1. The van der Waals surface area contributed by atoms with Gasteiger partial charge in [-0.1, -0.05) is 12.1 Å². The molecule has 2 aromatic heterocycles. The number of fused-ring (bicyclic) bond motifs is 2. The minimum atomic E-state index is -0.446. The Morgan fingerprint density at radius 2 is 2.20 bits per heavy atom. The van der Waals surface area contributed by atoms with Crippen molar-refractivity contribution in [2.45, 2.75) is 18.9 Å². The zero-order chi connectivity index (χ0) is 17.2. The maximum absolute atomic E-state index is 12.4. The van der Waals surface area contributed by atoms with Crippen LogP contribution in [0.4, 0.5) is 0 Å². The maximum atomic E-state index is 12.4. The number of nitrogens with zero attached hydrogens (tertiary/aromatic N) is 2. The Labute approximate surface area is 143 Å². The van der Waals surface area contributed by atoms with Gasteiger partial charge in [-0.05, 0) is 12.1 Å². The van der Waals surface area contributed by atoms with E-state index in [1.807, 2.05) is 6.07 Å². The van der Waals surface area contributed by atoms with Crippen LogP contribution in [-0.4, -0.2) is 38.9 Å². The van der Waals surface area contributed by atoms with E-state index < -0.39 is 6.04 Å². The Kier molecular flexibility index (Phi) is 4.02. The number of imidazole rings is 1. The molecule has 1 aliphatic rings. The van der Waals surface area contributed by atoms with E-state index in [1.54, 1.807) is 24.5 Å². The average molecular weight is 338 g/mol. The first kappa shape index (κ1) is 15.5. The first-order valence-corrected chi connectivity index (χ1v) is 8.23. The lowest BCUT2D eigenvalue weighted by Gasteiger charge is -2.22. The molecule has 4 rings (SSSR count). The van der Waals surface area contributed by atoms with E-state index in [-0.39, 0.29) is 11.5 Å². The van der Waals surface area contributed by atoms with Gasteiger partial charge in [0.25, 0.3) is 5.56 Å². The third-order valence-electron chi connectivity index (χ3n) is 4.33. The fourth-order valence-electron chi connectivity index (χ4n) is 3.10. The van der Waals surface area contributed by atoms with Gasteiger partial charge in [-0.15, -0.1) is 0 Å². The highest BCUT2D eigenvalue weighted by Crippen LogP contribution is 2.19. The zero-order valence-electron chi connectivity index (χ0n) is 13.5. The number of carbonyl (C=O) groups excluding carboxylic acids is 1. The summed E-state index contributed by atoms with van der Waals surface area (Å²) in [5.41, 5.74) is 2.24. The number of aromatic amines is 2. The van der Waals surface area contributed by atoms with Crippen molar-refractivity contribution in [3.63, 3.8) is 0 Å². The van der Waals surface area contributed by atoms with Crippen molar-refractivity contribution in [3.8, 4) is 0 Å². The monoisotopic (exact) mass is 338 g/mol. The summed E-state index contributed by atoms with van der Waals surface area (Å²) in [5, 5.41) is 6.62. The quantitative estimate of drug-likeness (QED) is 0.542. The third kappa shape index (κ3) is 3.03. The van der Waals surface area contributed by atoms with Crippen LogP contribution in [0.3, 0.4) is 0 Å². The van der Waals surface area contributed by atoms with Crippen LogP contribution >= 0.6 is 0 Å². The van der Waals surface area contributed by atoms with Gasteiger partial charge < -0.3 is 20.6 Å². The normalized spacial score (nSPS) is 16.6. The van der Waals surface area contributed by atoms with Gasteiger partial charge >= 0.3 is 0 Å². The van der Waals surface area contributed by atoms with Crippen molar-refractivity contribution in [3.05, 3.63) is 58.2 Å². The van der Waals surface area contributed by atoms with Crippen molar-refractivity contribution in [2.75, 3.05) is 13.1 Å². The Morgan fingerprint density at radius 1 is 1.32 bits per heavy atom.